The fraction of sp³-hybridized carbons (Fsp3) is 0.333. The van der Waals surface area contributed by atoms with Gasteiger partial charge in [-0.3, -0.25) is 0 Å². The average molecular weight is 673 g/mol. The van der Waals surface area contributed by atoms with E-state index in [1.165, 1.54) is 24.3 Å². The standard InChI is InChI=1S/C13H16O4.C12H16O4.C11H16O4/c1-4-5-6-7-8-12(14)16-9-10-17-13(15)11(2)3;1-4-5-6-7-11(13)15-8-9-16-12(14)10(2)3;1-4-5-6-10(12)14-7-8-15-11(13)9(2)3/h4-8H,1-2,9-10H2,3H3;4,6-7H,1-2,5,8-9H2,3H3;5-6H,2,4,7-8H2,1,3H3/b6-5+,8-7+;7-6+;6-5+. The highest BCUT2D eigenvalue weighted by atomic mass is 16.6. The molecule has 0 aromatic carbocycles. The number of esters is 6. The molecular formula is C36H48O12. The first-order valence-electron chi connectivity index (χ1n) is 14.6. The summed E-state index contributed by atoms with van der Waals surface area (Å²) >= 11 is 0. The smallest absolute Gasteiger partial charge is 0.333 e. The summed E-state index contributed by atoms with van der Waals surface area (Å²) in [6.45, 7) is 24.0. The number of ether oxygens (including phenoxy) is 6. The fourth-order valence-electron chi connectivity index (χ4n) is 2.10. The molecule has 48 heavy (non-hydrogen) atoms. The third-order valence-electron chi connectivity index (χ3n) is 4.36. The van der Waals surface area contributed by atoms with Gasteiger partial charge in [-0.05, 0) is 33.6 Å². The highest BCUT2D eigenvalue weighted by molar-refractivity contribution is 5.88. The van der Waals surface area contributed by atoms with Crippen molar-refractivity contribution in [2.75, 3.05) is 39.6 Å². The number of carbonyl (C=O) groups excluding carboxylic acids is 6. The predicted molar refractivity (Wildman–Crippen MR) is 182 cm³/mol. The number of allylic oxidation sites excluding steroid dienone is 7. The van der Waals surface area contributed by atoms with E-state index < -0.39 is 35.8 Å². The van der Waals surface area contributed by atoms with Crippen molar-refractivity contribution in [2.45, 2.75) is 40.5 Å². The Morgan fingerprint density at radius 2 is 0.854 bits per heavy atom. The predicted octanol–water partition coefficient (Wildman–Crippen LogP) is 5.34. The van der Waals surface area contributed by atoms with E-state index >= 15 is 0 Å². The summed E-state index contributed by atoms with van der Waals surface area (Å²) in [6, 6.07) is 0. The third-order valence-corrected chi connectivity index (χ3v) is 4.36. The molecule has 0 amide bonds. The van der Waals surface area contributed by atoms with Gasteiger partial charge in [-0.25, -0.2) is 28.8 Å². The first-order valence-corrected chi connectivity index (χ1v) is 14.6. The number of hydrogen-bond acceptors (Lipinski definition) is 12. The van der Waals surface area contributed by atoms with Crippen molar-refractivity contribution in [3.05, 3.63) is 110 Å². The molecule has 0 aliphatic heterocycles. The van der Waals surface area contributed by atoms with Crippen molar-refractivity contribution in [1.82, 2.24) is 0 Å². The normalized spacial score (nSPS) is 10.1. The van der Waals surface area contributed by atoms with Gasteiger partial charge in [0.1, 0.15) is 39.6 Å². The lowest BCUT2D eigenvalue weighted by molar-refractivity contribution is -0.146. The SMILES string of the molecule is C=C(C)C(=O)OCCOC(=O)/C=C/CC.C=C/C=C/C=C/C(=O)OCCOC(=O)C(=C)C.C=CC/C=C/C(=O)OCCOC(=O)C(=C)C. The van der Waals surface area contributed by atoms with Crippen LogP contribution in [0.2, 0.25) is 0 Å². The Bertz CT molecular complexity index is 1220. The molecule has 0 heterocycles. The van der Waals surface area contributed by atoms with Crippen LogP contribution in [0.1, 0.15) is 40.5 Å². The Morgan fingerprint density at radius 1 is 0.500 bits per heavy atom. The van der Waals surface area contributed by atoms with E-state index in [1.54, 1.807) is 57.2 Å². The minimum Gasteiger partial charge on any atom is -0.459 e. The van der Waals surface area contributed by atoms with Crippen molar-refractivity contribution in [1.29, 1.82) is 0 Å². The highest BCUT2D eigenvalue weighted by Crippen LogP contribution is 1.94. The van der Waals surface area contributed by atoms with Crippen molar-refractivity contribution in [3.63, 3.8) is 0 Å². The van der Waals surface area contributed by atoms with Crippen LogP contribution in [-0.2, 0) is 57.2 Å². The van der Waals surface area contributed by atoms with Gasteiger partial charge in [0.05, 0.1) is 0 Å². The zero-order valence-corrected chi connectivity index (χ0v) is 28.4. The first-order chi connectivity index (χ1) is 22.7. The third kappa shape index (κ3) is 35.0. The van der Waals surface area contributed by atoms with E-state index in [-0.39, 0.29) is 39.6 Å². The van der Waals surface area contributed by atoms with E-state index in [0.717, 1.165) is 6.42 Å². The average Bonchev–Trinajstić information content (AvgIpc) is 3.04. The van der Waals surface area contributed by atoms with Gasteiger partial charge < -0.3 is 28.4 Å². The summed E-state index contributed by atoms with van der Waals surface area (Å²) in [4.78, 5) is 65.7. The number of rotatable bonds is 20. The molecule has 0 aliphatic carbocycles. The van der Waals surface area contributed by atoms with Crippen LogP contribution in [0.3, 0.4) is 0 Å². The zero-order valence-electron chi connectivity index (χ0n) is 28.4. The van der Waals surface area contributed by atoms with Gasteiger partial charge in [-0.1, -0.05) is 75.8 Å². The summed E-state index contributed by atoms with van der Waals surface area (Å²) < 4.78 is 28.4. The summed E-state index contributed by atoms with van der Waals surface area (Å²) in [7, 11) is 0. The molecule has 0 radical (unpaired) electrons. The maximum Gasteiger partial charge on any atom is 0.333 e. The van der Waals surface area contributed by atoms with Gasteiger partial charge in [0, 0.05) is 34.9 Å². The van der Waals surface area contributed by atoms with E-state index in [4.69, 9.17) is 28.4 Å². The lowest BCUT2D eigenvalue weighted by Crippen LogP contribution is -2.12. The second-order valence-electron chi connectivity index (χ2n) is 8.97. The lowest BCUT2D eigenvalue weighted by Gasteiger charge is -2.04. The van der Waals surface area contributed by atoms with Crippen LogP contribution in [0.5, 0.6) is 0 Å². The van der Waals surface area contributed by atoms with Gasteiger partial charge in [0.15, 0.2) is 0 Å². The van der Waals surface area contributed by atoms with Gasteiger partial charge in [0.25, 0.3) is 0 Å². The Kier molecular flexibility index (Phi) is 32.1. The monoisotopic (exact) mass is 672 g/mol. The van der Waals surface area contributed by atoms with E-state index in [9.17, 15) is 28.8 Å². The molecule has 0 aliphatic rings. The zero-order chi connectivity index (χ0) is 37.2. The summed E-state index contributed by atoms with van der Waals surface area (Å²) in [5, 5.41) is 0. The first kappa shape index (κ1) is 46.9. The molecule has 0 aromatic rings. The van der Waals surface area contributed by atoms with E-state index in [0.29, 0.717) is 23.1 Å². The quantitative estimate of drug-likeness (QED) is 0.0409. The van der Waals surface area contributed by atoms with Crippen molar-refractivity contribution in [3.8, 4) is 0 Å². The molecule has 0 aromatic heterocycles. The molecule has 0 fully saturated rings. The summed E-state index contributed by atoms with van der Waals surface area (Å²) in [5.41, 5.74) is 0.954. The molecule has 0 spiro atoms. The highest BCUT2D eigenvalue weighted by Gasteiger charge is 2.05. The van der Waals surface area contributed by atoms with Gasteiger partial charge in [-0.15, -0.1) is 6.58 Å². The van der Waals surface area contributed by atoms with Gasteiger partial charge in [-0.2, -0.15) is 0 Å². The molecule has 0 atom stereocenters. The number of hydrogen-bond donors (Lipinski definition) is 0. The Morgan fingerprint density at radius 3 is 1.19 bits per heavy atom. The van der Waals surface area contributed by atoms with Crippen LogP contribution in [0.25, 0.3) is 0 Å². The van der Waals surface area contributed by atoms with Crippen LogP contribution in [0.4, 0.5) is 0 Å². The number of carbonyl (C=O) groups is 6. The molecule has 0 N–H and O–H groups in total. The van der Waals surface area contributed by atoms with Gasteiger partial charge >= 0.3 is 35.8 Å². The van der Waals surface area contributed by atoms with Crippen molar-refractivity contribution in [2.24, 2.45) is 0 Å². The summed E-state index contributed by atoms with van der Waals surface area (Å²) in [6.07, 6.45) is 16.8. The lowest BCUT2D eigenvalue weighted by atomic mass is 10.4. The second kappa shape index (κ2) is 32.9. The maximum atomic E-state index is 11.1. The second-order valence-corrected chi connectivity index (χ2v) is 8.97. The van der Waals surface area contributed by atoms with Crippen LogP contribution >= 0.6 is 0 Å². The van der Waals surface area contributed by atoms with Crippen molar-refractivity contribution < 1.29 is 57.2 Å². The Balaban J connectivity index is -0.000000634. The van der Waals surface area contributed by atoms with Crippen LogP contribution in [0.15, 0.2) is 110 Å². The molecule has 0 bridgehead atoms. The molecule has 12 heteroatoms. The largest absolute Gasteiger partial charge is 0.459 e. The summed E-state index contributed by atoms with van der Waals surface area (Å²) in [5.74, 6) is -2.85. The van der Waals surface area contributed by atoms with Crippen LogP contribution in [-0.4, -0.2) is 75.5 Å². The van der Waals surface area contributed by atoms with E-state index in [1.807, 2.05) is 6.92 Å². The molecule has 264 valence electrons. The van der Waals surface area contributed by atoms with Crippen molar-refractivity contribution >= 4 is 35.8 Å². The Labute approximate surface area is 283 Å². The maximum absolute atomic E-state index is 11.1. The van der Waals surface area contributed by atoms with Crippen LogP contribution < -0.4 is 0 Å². The Hall–Kier alpha value is -5.52. The molecule has 12 nitrogen and oxygen atoms in total. The molecule has 0 rings (SSSR count). The molecule has 0 unspecified atom stereocenters. The topological polar surface area (TPSA) is 158 Å². The molecule has 0 saturated carbocycles. The fourth-order valence-corrected chi connectivity index (χ4v) is 2.10. The molecule has 0 saturated heterocycles. The van der Waals surface area contributed by atoms with Crippen LogP contribution in [0, 0.1) is 0 Å². The minimum atomic E-state index is -0.495. The minimum absolute atomic E-state index is 0.0212. The van der Waals surface area contributed by atoms with Gasteiger partial charge in [0.2, 0.25) is 0 Å². The van der Waals surface area contributed by atoms with E-state index in [2.05, 4.69) is 32.9 Å². The molecular weight excluding hydrogens is 624 g/mol.